The highest BCUT2D eigenvalue weighted by Gasteiger charge is 2.19. The molecule has 6 heteroatoms. The van der Waals surface area contributed by atoms with Gasteiger partial charge in [0.25, 0.3) is 0 Å². The van der Waals surface area contributed by atoms with E-state index in [1.54, 1.807) is 0 Å². The van der Waals surface area contributed by atoms with Crippen LogP contribution in [-0.2, 0) is 28.6 Å². The fourth-order valence-electron chi connectivity index (χ4n) is 9.75. The number of ether oxygens (including phenoxy) is 3. The Morgan fingerprint density at radius 1 is 0.253 bits per heavy atom. The number of carbonyl (C=O) groups excluding carboxylic acids is 3. The third-order valence-corrected chi connectivity index (χ3v) is 14.9. The highest BCUT2D eigenvalue weighted by atomic mass is 16.6. The maximum absolute atomic E-state index is 12.9. The summed E-state index contributed by atoms with van der Waals surface area (Å²) in [6, 6.07) is 0. The summed E-state index contributed by atoms with van der Waals surface area (Å²) in [5.41, 5.74) is 0. The van der Waals surface area contributed by atoms with Gasteiger partial charge < -0.3 is 14.2 Å². The van der Waals surface area contributed by atoms with Gasteiger partial charge in [-0.1, -0.05) is 303 Å². The van der Waals surface area contributed by atoms with Gasteiger partial charge in [0, 0.05) is 19.3 Å². The minimum atomic E-state index is -0.795. The van der Waals surface area contributed by atoms with Crippen LogP contribution in [0.5, 0.6) is 0 Å². The van der Waals surface area contributed by atoms with Gasteiger partial charge in [0.1, 0.15) is 13.2 Å². The first-order valence-corrected chi connectivity index (χ1v) is 35.0. The van der Waals surface area contributed by atoms with Gasteiger partial charge in [0.2, 0.25) is 0 Å². The van der Waals surface area contributed by atoms with Crippen LogP contribution in [0.2, 0.25) is 0 Å². The Morgan fingerprint density at radius 3 is 0.759 bits per heavy atom. The van der Waals surface area contributed by atoms with Crippen molar-refractivity contribution in [2.24, 2.45) is 0 Å². The first kappa shape index (κ1) is 78.8. The largest absolute Gasteiger partial charge is 0.462 e. The second-order valence-electron chi connectivity index (χ2n) is 23.0. The SMILES string of the molecule is CC/C=C\C/C=C\C/C=C\C/C=C\C/C=C\C/C=C\CCCCCCCCCCCCCCC(=O)OCC(COC(=O)CCCCC/C=C\C/C=C\C/C=C\CC)OC(=O)CCCCCCCCCCC/C=C\CCCCCCCCCC. The number of esters is 3. The summed E-state index contributed by atoms with van der Waals surface area (Å²) in [4.78, 5) is 38.4. The maximum atomic E-state index is 12.9. The van der Waals surface area contributed by atoms with Gasteiger partial charge in [0.05, 0.1) is 0 Å². The third-order valence-electron chi connectivity index (χ3n) is 14.9. The zero-order chi connectivity index (χ0) is 59.9. The van der Waals surface area contributed by atoms with Gasteiger partial charge in [-0.3, -0.25) is 14.4 Å². The maximum Gasteiger partial charge on any atom is 0.306 e. The van der Waals surface area contributed by atoms with Crippen molar-refractivity contribution in [1.82, 2.24) is 0 Å². The molecule has 6 nitrogen and oxygen atoms in total. The van der Waals surface area contributed by atoms with E-state index in [2.05, 4.69) is 142 Å². The van der Waals surface area contributed by atoms with Crippen molar-refractivity contribution in [1.29, 1.82) is 0 Å². The Hall–Kier alpha value is -4.19. The van der Waals surface area contributed by atoms with Crippen molar-refractivity contribution < 1.29 is 28.6 Å². The average Bonchev–Trinajstić information content (AvgIpc) is 3.49. The van der Waals surface area contributed by atoms with Crippen molar-refractivity contribution in [3.05, 3.63) is 122 Å². The van der Waals surface area contributed by atoms with E-state index in [0.29, 0.717) is 19.3 Å². The average molecular weight is 1150 g/mol. The standard InChI is InChI=1S/C77H130O6/c1-4-7-10-13-16-19-22-25-27-29-31-33-34-35-36-37-38-39-40-41-42-44-45-47-49-52-55-58-61-64-67-70-76(79)82-73-74(72-81-75(78)69-66-63-60-57-54-51-24-21-18-15-12-9-6-3)83-77(80)71-68-65-62-59-56-53-50-48-46-43-32-30-28-26-23-20-17-14-11-8-5-2/h7,9-10,12,16,18-19,21,25,27,30-33,35-36,38-39,51,54,74H,4-6,8,11,13-15,17,20,22-24,26,28-29,34,37,40-50,52-53,55-73H2,1-3H3/b10-7-,12-9-,19-16-,21-18-,27-25-,32-30-,33-31-,36-35-,39-38-,54-51-. The molecular formula is C77H130O6. The van der Waals surface area contributed by atoms with Gasteiger partial charge >= 0.3 is 17.9 Å². The van der Waals surface area contributed by atoms with Crippen molar-refractivity contribution in [3.8, 4) is 0 Å². The van der Waals surface area contributed by atoms with Crippen LogP contribution in [0.1, 0.15) is 329 Å². The first-order valence-electron chi connectivity index (χ1n) is 35.0. The van der Waals surface area contributed by atoms with Crippen molar-refractivity contribution >= 4 is 17.9 Å². The zero-order valence-corrected chi connectivity index (χ0v) is 54.4. The summed E-state index contributed by atoms with van der Waals surface area (Å²) >= 11 is 0. The van der Waals surface area contributed by atoms with Crippen molar-refractivity contribution in [2.45, 2.75) is 335 Å². The number of carbonyl (C=O) groups is 3. The van der Waals surface area contributed by atoms with Gasteiger partial charge in [-0.2, -0.15) is 0 Å². The molecule has 474 valence electrons. The van der Waals surface area contributed by atoms with Crippen LogP contribution in [0, 0.1) is 0 Å². The van der Waals surface area contributed by atoms with Crippen LogP contribution < -0.4 is 0 Å². The van der Waals surface area contributed by atoms with E-state index in [-0.39, 0.29) is 31.1 Å². The van der Waals surface area contributed by atoms with Crippen molar-refractivity contribution in [3.63, 3.8) is 0 Å². The van der Waals surface area contributed by atoms with E-state index in [1.807, 2.05) is 0 Å². The highest BCUT2D eigenvalue weighted by Crippen LogP contribution is 2.17. The van der Waals surface area contributed by atoms with Gasteiger partial charge in [-0.05, 0) is 128 Å². The molecule has 0 saturated heterocycles. The molecular weight excluding hydrogens is 1020 g/mol. The van der Waals surface area contributed by atoms with E-state index in [4.69, 9.17) is 14.2 Å². The Balaban J connectivity index is 4.28. The summed E-state index contributed by atoms with van der Waals surface area (Å²) < 4.78 is 16.9. The van der Waals surface area contributed by atoms with E-state index in [1.165, 1.54) is 167 Å². The van der Waals surface area contributed by atoms with E-state index >= 15 is 0 Å². The molecule has 0 heterocycles. The third kappa shape index (κ3) is 68.5. The molecule has 0 aromatic carbocycles. The molecule has 0 saturated carbocycles. The molecule has 0 rings (SSSR count). The lowest BCUT2D eigenvalue weighted by Gasteiger charge is -2.18. The minimum absolute atomic E-state index is 0.0894. The molecule has 0 aliphatic carbocycles. The zero-order valence-electron chi connectivity index (χ0n) is 54.4. The Morgan fingerprint density at radius 2 is 0.470 bits per heavy atom. The summed E-state index contributed by atoms with van der Waals surface area (Å²) in [5.74, 6) is -0.914. The summed E-state index contributed by atoms with van der Waals surface area (Å²) in [5, 5.41) is 0. The number of rotatable bonds is 63. The second kappa shape index (κ2) is 70.3. The van der Waals surface area contributed by atoms with E-state index in [0.717, 1.165) is 122 Å². The summed E-state index contributed by atoms with van der Waals surface area (Å²) in [6.45, 7) is 6.41. The smallest absolute Gasteiger partial charge is 0.306 e. The Kier molecular flexibility index (Phi) is 66.7. The van der Waals surface area contributed by atoms with Crippen LogP contribution in [0.15, 0.2) is 122 Å². The molecule has 0 amide bonds. The second-order valence-corrected chi connectivity index (χ2v) is 23.0. The van der Waals surface area contributed by atoms with Crippen LogP contribution in [0.25, 0.3) is 0 Å². The molecule has 0 aliphatic rings. The molecule has 0 aromatic rings. The molecule has 1 unspecified atom stereocenters. The quantitative estimate of drug-likeness (QED) is 0.0261. The minimum Gasteiger partial charge on any atom is -0.462 e. The van der Waals surface area contributed by atoms with Gasteiger partial charge in [-0.15, -0.1) is 0 Å². The first-order chi connectivity index (χ1) is 41.0. The fourth-order valence-corrected chi connectivity index (χ4v) is 9.75. The Bertz CT molecular complexity index is 1700. The molecule has 0 bridgehead atoms. The van der Waals surface area contributed by atoms with Crippen LogP contribution in [0.3, 0.4) is 0 Å². The van der Waals surface area contributed by atoms with Crippen molar-refractivity contribution in [2.75, 3.05) is 13.2 Å². The lowest BCUT2D eigenvalue weighted by molar-refractivity contribution is -0.167. The lowest BCUT2D eigenvalue weighted by atomic mass is 10.0. The normalized spacial score (nSPS) is 12.9. The van der Waals surface area contributed by atoms with Crippen LogP contribution in [-0.4, -0.2) is 37.2 Å². The predicted molar refractivity (Wildman–Crippen MR) is 362 cm³/mol. The van der Waals surface area contributed by atoms with E-state index in [9.17, 15) is 14.4 Å². The molecule has 0 aliphatic heterocycles. The molecule has 0 radical (unpaired) electrons. The fraction of sp³-hybridized carbons (Fsp3) is 0.701. The summed E-state index contributed by atoms with van der Waals surface area (Å²) in [6.07, 6.45) is 98.0. The van der Waals surface area contributed by atoms with Crippen LogP contribution in [0.4, 0.5) is 0 Å². The Labute approximate surface area is 513 Å². The monoisotopic (exact) mass is 1150 g/mol. The van der Waals surface area contributed by atoms with Gasteiger partial charge in [-0.25, -0.2) is 0 Å². The molecule has 0 spiro atoms. The summed E-state index contributed by atoms with van der Waals surface area (Å²) in [7, 11) is 0. The molecule has 0 fully saturated rings. The number of hydrogen-bond donors (Lipinski definition) is 0. The number of hydrogen-bond acceptors (Lipinski definition) is 6. The number of unbranched alkanes of at least 4 members (excludes halogenated alkanes) is 32. The molecule has 83 heavy (non-hydrogen) atoms. The molecule has 0 aromatic heterocycles. The topological polar surface area (TPSA) is 78.9 Å². The molecule has 1 atom stereocenters. The van der Waals surface area contributed by atoms with Gasteiger partial charge in [0.15, 0.2) is 6.10 Å². The lowest BCUT2D eigenvalue weighted by Crippen LogP contribution is -2.30. The predicted octanol–water partition coefficient (Wildman–Crippen LogP) is 24.3. The highest BCUT2D eigenvalue weighted by molar-refractivity contribution is 5.71. The number of allylic oxidation sites excluding steroid dienone is 20. The molecule has 0 N–H and O–H groups in total. The van der Waals surface area contributed by atoms with E-state index < -0.39 is 6.10 Å². The van der Waals surface area contributed by atoms with Crippen LogP contribution >= 0.6 is 0 Å².